The maximum Gasteiger partial charge on any atom is 0.171 e. The summed E-state index contributed by atoms with van der Waals surface area (Å²) in [5, 5.41) is 8.99. The molecule has 3 unspecified atom stereocenters. The van der Waals surface area contributed by atoms with E-state index in [0.717, 1.165) is 5.56 Å². The Bertz CT molecular complexity index is 266. The van der Waals surface area contributed by atoms with Crippen molar-refractivity contribution in [3.8, 4) is 0 Å². The Hall–Kier alpha value is -0.570. The molecule has 2 rings (SSSR count). The number of halogens is 1. The number of aliphatic hydroxyl groups is 1. The second-order valence-corrected chi connectivity index (χ2v) is 3.74. The molecule has 0 amide bonds. The molecule has 1 aromatic rings. The highest BCUT2D eigenvalue weighted by molar-refractivity contribution is 6.21. The van der Waals surface area contributed by atoms with Crippen molar-refractivity contribution in [2.75, 3.05) is 0 Å². The summed E-state index contributed by atoms with van der Waals surface area (Å²) in [6.07, 6.45) is -0.210. The number of hydrogen-bond donors (Lipinski definition) is 1. The quantitative estimate of drug-likeness (QED) is 0.701. The van der Waals surface area contributed by atoms with Gasteiger partial charge in [-0.2, -0.15) is 0 Å². The van der Waals surface area contributed by atoms with Gasteiger partial charge in [0.15, 0.2) is 6.29 Å². The molecule has 2 nitrogen and oxygen atoms in total. The van der Waals surface area contributed by atoms with Crippen LogP contribution in [0.5, 0.6) is 0 Å². The predicted molar refractivity (Wildman–Crippen MR) is 50.5 cm³/mol. The third-order valence-corrected chi connectivity index (χ3v) is 2.62. The van der Waals surface area contributed by atoms with Crippen LogP contribution in [-0.2, 0) is 4.74 Å². The monoisotopic (exact) mass is 198 g/mol. The molecule has 1 heterocycles. The smallest absolute Gasteiger partial charge is 0.171 e. The highest BCUT2D eigenvalue weighted by Crippen LogP contribution is 2.34. The van der Waals surface area contributed by atoms with Crippen molar-refractivity contribution in [1.29, 1.82) is 0 Å². The summed E-state index contributed by atoms with van der Waals surface area (Å²) < 4.78 is 5.28. The largest absolute Gasteiger partial charge is 0.367 e. The van der Waals surface area contributed by atoms with E-state index in [1.54, 1.807) is 0 Å². The summed E-state index contributed by atoms with van der Waals surface area (Å²) in [6.45, 7) is 0. The second-order valence-electron chi connectivity index (χ2n) is 3.18. The molecule has 0 saturated carbocycles. The zero-order valence-corrected chi connectivity index (χ0v) is 7.82. The lowest BCUT2D eigenvalue weighted by Gasteiger charge is -2.09. The molecule has 0 radical (unpaired) electrons. The van der Waals surface area contributed by atoms with Gasteiger partial charge in [0.25, 0.3) is 0 Å². The molecule has 13 heavy (non-hydrogen) atoms. The molecule has 1 fully saturated rings. The first-order valence-corrected chi connectivity index (χ1v) is 4.73. The Morgan fingerprint density at radius 3 is 2.54 bits per heavy atom. The minimum atomic E-state index is -0.827. The van der Waals surface area contributed by atoms with Crippen LogP contribution < -0.4 is 0 Å². The average Bonchev–Trinajstić information content (AvgIpc) is 2.49. The van der Waals surface area contributed by atoms with E-state index in [1.165, 1.54) is 0 Å². The molecule has 3 heteroatoms. The number of hydrogen-bond acceptors (Lipinski definition) is 2. The lowest BCUT2D eigenvalue weighted by atomic mass is 10.1. The van der Waals surface area contributed by atoms with Gasteiger partial charge < -0.3 is 9.84 Å². The van der Waals surface area contributed by atoms with Crippen LogP contribution in [0.4, 0.5) is 0 Å². The summed E-state index contributed by atoms with van der Waals surface area (Å²) in [5.41, 5.74) is 1.07. The summed E-state index contributed by atoms with van der Waals surface area (Å²) in [4.78, 5) is 0. The molecule has 1 aliphatic rings. The number of rotatable bonds is 1. The van der Waals surface area contributed by atoms with Gasteiger partial charge in [-0.1, -0.05) is 30.3 Å². The Labute approximate surface area is 82.1 Å². The molecular formula is C10H11ClO2. The third-order valence-electron chi connectivity index (χ3n) is 2.22. The van der Waals surface area contributed by atoms with Crippen LogP contribution in [-0.4, -0.2) is 16.8 Å². The highest BCUT2D eigenvalue weighted by atomic mass is 35.5. The van der Waals surface area contributed by atoms with Gasteiger partial charge in [0, 0.05) is 0 Å². The van der Waals surface area contributed by atoms with Crippen LogP contribution in [0.3, 0.4) is 0 Å². The lowest BCUT2D eigenvalue weighted by molar-refractivity contribution is -0.0899. The Balaban J connectivity index is 2.12. The van der Waals surface area contributed by atoms with Crippen molar-refractivity contribution in [2.45, 2.75) is 24.2 Å². The lowest BCUT2D eigenvalue weighted by Crippen LogP contribution is -2.13. The van der Waals surface area contributed by atoms with Gasteiger partial charge >= 0.3 is 0 Å². The van der Waals surface area contributed by atoms with Crippen LogP contribution in [0, 0.1) is 0 Å². The van der Waals surface area contributed by atoms with E-state index in [2.05, 4.69) is 0 Å². The molecule has 0 spiro atoms. The standard InChI is InChI=1S/C10H11ClO2/c11-8-6-9(13-10(8)12)7-4-2-1-3-5-7/h1-5,8-10,12H,6H2. The minimum Gasteiger partial charge on any atom is -0.367 e. The fourth-order valence-electron chi connectivity index (χ4n) is 1.51. The van der Waals surface area contributed by atoms with Crippen molar-refractivity contribution < 1.29 is 9.84 Å². The van der Waals surface area contributed by atoms with E-state index in [-0.39, 0.29) is 11.5 Å². The third kappa shape index (κ3) is 1.85. The van der Waals surface area contributed by atoms with Crippen LogP contribution in [0.2, 0.25) is 0 Å². The maximum absolute atomic E-state index is 9.28. The molecule has 1 saturated heterocycles. The van der Waals surface area contributed by atoms with E-state index in [4.69, 9.17) is 16.3 Å². The van der Waals surface area contributed by atoms with Gasteiger partial charge in [-0.25, -0.2) is 0 Å². The van der Waals surface area contributed by atoms with Crippen molar-refractivity contribution in [3.05, 3.63) is 35.9 Å². The van der Waals surface area contributed by atoms with Gasteiger partial charge in [-0.15, -0.1) is 11.6 Å². The Kier molecular flexibility index (Phi) is 2.54. The van der Waals surface area contributed by atoms with Crippen molar-refractivity contribution in [3.63, 3.8) is 0 Å². The zero-order chi connectivity index (χ0) is 9.26. The van der Waals surface area contributed by atoms with Crippen molar-refractivity contribution >= 4 is 11.6 Å². The normalized spacial score (nSPS) is 33.5. The van der Waals surface area contributed by atoms with E-state index >= 15 is 0 Å². The van der Waals surface area contributed by atoms with Gasteiger partial charge in [0.1, 0.15) is 0 Å². The fraction of sp³-hybridized carbons (Fsp3) is 0.400. The molecular weight excluding hydrogens is 188 g/mol. The topological polar surface area (TPSA) is 29.5 Å². The van der Waals surface area contributed by atoms with Gasteiger partial charge in [0.05, 0.1) is 11.5 Å². The van der Waals surface area contributed by atoms with E-state index < -0.39 is 6.29 Å². The van der Waals surface area contributed by atoms with E-state index in [9.17, 15) is 5.11 Å². The molecule has 1 N–H and O–H groups in total. The van der Waals surface area contributed by atoms with Crippen LogP contribution in [0.25, 0.3) is 0 Å². The van der Waals surface area contributed by atoms with Crippen LogP contribution >= 0.6 is 11.6 Å². The summed E-state index contributed by atoms with van der Waals surface area (Å²) in [5.74, 6) is 0. The SMILES string of the molecule is OC1OC(c2ccccc2)CC1Cl. The van der Waals surface area contributed by atoms with Gasteiger partial charge in [0.2, 0.25) is 0 Å². The van der Waals surface area contributed by atoms with E-state index in [1.807, 2.05) is 30.3 Å². The van der Waals surface area contributed by atoms with Crippen LogP contribution in [0.1, 0.15) is 18.1 Å². The predicted octanol–water partition coefficient (Wildman–Crippen LogP) is 2.07. The number of ether oxygens (including phenoxy) is 1. The van der Waals surface area contributed by atoms with Crippen molar-refractivity contribution in [2.24, 2.45) is 0 Å². The van der Waals surface area contributed by atoms with Gasteiger partial charge in [-0.05, 0) is 12.0 Å². The summed E-state index contributed by atoms with van der Waals surface area (Å²) >= 11 is 5.83. The zero-order valence-electron chi connectivity index (χ0n) is 7.06. The van der Waals surface area contributed by atoms with E-state index in [0.29, 0.717) is 6.42 Å². The van der Waals surface area contributed by atoms with Crippen molar-refractivity contribution in [1.82, 2.24) is 0 Å². The molecule has 1 aliphatic heterocycles. The first kappa shape index (κ1) is 9.00. The fourth-order valence-corrected chi connectivity index (χ4v) is 1.73. The first-order chi connectivity index (χ1) is 6.27. The Morgan fingerprint density at radius 2 is 2.00 bits per heavy atom. The molecule has 3 atom stereocenters. The number of benzene rings is 1. The molecule has 70 valence electrons. The molecule has 0 aliphatic carbocycles. The highest BCUT2D eigenvalue weighted by Gasteiger charge is 2.32. The molecule has 0 aromatic heterocycles. The maximum atomic E-state index is 9.28. The molecule has 0 bridgehead atoms. The Morgan fingerprint density at radius 1 is 1.31 bits per heavy atom. The van der Waals surface area contributed by atoms with Crippen LogP contribution in [0.15, 0.2) is 30.3 Å². The minimum absolute atomic E-state index is 0.0568. The first-order valence-electron chi connectivity index (χ1n) is 4.30. The summed E-state index contributed by atoms with van der Waals surface area (Å²) in [6, 6.07) is 9.81. The number of aliphatic hydroxyl groups excluding tert-OH is 1. The average molecular weight is 199 g/mol. The molecule has 1 aromatic carbocycles. The summed E-state index contributed by atoms with van der Waals surface area (Å²) in [7, 11) is 0. The number of alkyl halides is 1. The van der Waals surface area contributed by atoms with Gasteiger partial charge in [-0.3, -0.25) is 0 Å². The second kappa shape index (κ2) is 3.66.